The molecule has 1 saturated carbocycles. The zero-order valence-corrected chi connectivity index (χ0v) is 15.0. The topological polar surface area (TPSA) is 86.0 Å². The summed E-state index contributed by atoms with van der Waals surface area (Å²) in [6.45, 7) is 0.843. The van der Waals surface area contributed by atoms with E-state index in [0.717, 1.165) is 25.0 Å². The third kappa shape index (κ3) is 3.01. The zero-order chi connectivity index (χ0) is 19.4. The van der Waals surface area contributed by atoms with Gasteiger partial charge in [0.15, 0.2) is 17.5 Å². The Bertz CT molecular complexity index is 1030. The molecule has 2 N–H and O–H groups in total. The van der Waals surface area contributed by atoms with Gasteiger partial charge in [-0.2, -0.15) is 4.98 Å². The Morgan fingerprint density at radius 2 is 1.93 bits per heavy atom. The van der Waals surface area contributed by atoms with E-state index in [0.29, 0.717) is 41.2 Å². The predicted molar refractivity (Wildman–Crippen MR) is 94.7 cm³/mol. The van der Waals surface area contributed by atoms with Crippen LogP contribution in [0.5, 0.6) is 0 Å². The number of fused-ring (bicyclic) bond motifs is 1. The summed E-state index contributed by atoms with van der Waals surface area (Å²) in [5, 5.41) is 4.01. The van der Waals surface area contributed by atoms with Gasteiger partial charge in [0.2, 0.25) is 11.8 Å². The second-order valence-electron chi connectivity index (χ2n) is 7.49. The Kier molecular flexibility index (Phi) is 4.04. The summed E-state index contributed by atoms with van der Waals surface area (Å²) in [6.07, 6.45) is 1.24. The minimum atomic E-state index is -1.08. The van der Waals surface area contributed by atoms with E-state index in [4.69, 9.17) is 10.3 Å². The molecule has 3 aromatic rings. The van der Waals surface area contributed by atoms with Crippen LogP contribution >= 0.6 is 0 Å². The van der Waals surface area contributed by atoms with Crippen molar-refractivity contribution in [3.8, 4) is 0 Å². The van der Waals surface area contributed by atoms with Crippen LogP contribution < -0.4 is 10.6 Å². The molecule has 1 saturated heterocycles. The molecule has 148 valence electrons. The number of alkyl halides is 1. The van der Waals surface area contributed by atoms with Crippen LogP contribution in [0.15, 0.2) is 16.7 Å². The van der Waals surface area contributed by atoms with E-state index in [1.165, 1.54) is 0 Å². The quantitative estimate of drug-likeness (QED) is 0.734. The number of hydrogen-bond donors (Lipinski definition) is 1. The van der Waals surface area contributed by atoms with E-state index in [9.17, 15) is 13.2 Å². The standard InChI is InChI=1S/C18H19F3N6O/c19-10-3-4-26(7-13(10)22)18-23-14-5-11(20)12(21)6-15(14)27(18)8-16-24-17(28-25-16)9-1-2-9/h5-6,9-10,13H,1-4,7-8,22H2/t10?,13-/m1/s1. The van der Waals surface area contributed by atoms with Gasteiger partial charge in [0, 0.05) is 31.1 Å². The van der Waals surface area contributed by atoms with E-state index in [2.05, 4.69) is 15.1 Å². The molecule has 2 aromatic heterocycles. The first-order valence-electron chi connectivity index (χ1n) is 9.32. The molecule has 2 fully saturated rings. The fraction of sp³-hybridized carbons (Fsp3) is 0.500. The summed E-state index contributed by atoms with van der Waals surface area (Å²) in [5.41, 5.74) is 6.59. The normalized spacial score (nSPS) is 22.9. The lowest BCUT2D eigenvalue weighted by atomic mass is 10.1. The van der Waals surface area contributed by atoms with Gasteiger partial charge in [-0.05, 0) is 19.3 Å². The third-order valence-electron chi connectivity index (χ3n) is 5.33. The highest BCUT2D eigenvalue weighted by Gasteiger charge is 2.31. The lowest BCUT2D eigenvalue weighted by Crippen LogP contribution is -2.50. The highest BCUT2D eigenvalue weighted by atomic mass is 19.2. The van der Waals surface area contributed by atoms with Gasteiger partial charge in [0.25, 0.3) is 0 Å². The molecule has 5 rings (SSSR count). The third-order valence-corrected chi connectivity index (χ3v) is 5.33. The summed E-state index contributed by atoms with van der Waals surface area (Å²) in [6, 6.07) is 1.51. The van der Waals surface area contributed by atoms with Crippen LogP contribution in [0.3, 0.4) is 0 Å². The van der Waals surface area contributed by atoms with Crippen LogP contribution in [0.4, 0.5) is 19.1 Å². The molecule has 2 atom stereocenters. The number of nitrogens with zero attached hydrogens (tertiary/aromatic N) is 5. The van der Waals surface area contributed by atoms with Gasteiger partial charge in [-0.3, -0.25) is 0 Å². The van der Waals surface area contributed by atoms with Crippen LogP contribution in [0.2, 0.25) is 0 Å². The molecule has 2 aliphatic rings. The van der Waals surface area contributed by atoms with Crippen molar-refractivity contribution in [1.29, 1.82) is 0 Å². The number of benzene rings is 1. The molecular formula is C18H19F3N6O. The smallest absolute Gasteiger partial charge is 0.229 e. The first-order valence-corrected chi connectivity index (χ1v) is 9.32. The average Bonchev–Trinajstić information content (AvgIpc) is 3.33. The van der Waals surface area contributed by atoms with Crippen LogP contribution in [0.25, 0.3) is 11.0 Å². The molecule has 1 unspecified atom stereocenters. The average molecular weight is 392 g/mol. The van der Waals surface area contributed by atoms with E-state index >= 15 is 0 Å². The molecule has 28 heavy (non-hydrogen) atoms. The summed E-state index contributed by atoms with van der Waals surface area (Å²) in [7, 11) is 0. The highest BCUT2D eigenvalue weighted by molar-refractivity contribution is 5.79. The number of nitrogens with two attached hydrogens (primary N) is 1. The maximum atomic E-state index is 13.9. The van der Waals surface area contributed by atoms with E-state index < -0.39 is 23.8 Å². The second-order valence-corrected chi connectivity index (χ2v) is 7.49. The second kappa shape index (κ2) is 6.47. The number of aromatic nitrogens is 4. The fourth-order valence-electron chi connectivity index (χ4n) is 3.61. The van der Waals surface area contributed by atoms with Gasteiger partial charge >= 0.3 is 0 Å². The van der Waals surface area contributed by atoms with Gasteiger partial charge in [-0.15, -0.1) is 0 Å². The summed E-state index contributed by atoms with van der Waals surface area (Å²) in [4.78, 5) is 10.7. The first kappa shape index (κ1) is 17.5. The maximum Gasteiger partial charge on any atom is 0.229 e. The van der Waals surface area contributed by atoms with Gasteiger partial charge in [0.1, 0.15) is 6.17 Å². The Balaban J connectivity index is 1.56. The number of hydrogen-bond acceptors (Lipinski definition) is 6. The van der Waals surface area contributed by atoms with Crippen LogP contribution in [-0.2, 0) is 6.54 Å². The number of piperidine rings is 1. The molecule has 1 aromatic carbocycles. The largest absolute Gasteiger partial charge is 0.340 e. The fourth-order valence-corrected chi connectivity index (χ4v) is 3.61. The predicted octanol–water partition coefficient (Wildman–Crippen LogP) is 2.50. The van der Waals surface area contributed by atoms with E-state index in [1.807, 2.05) is 4.90 Å². The molecule has 0 radical (unpaired) electrons. The van der Waals surface area contributed by atoms with Gasteiger partial charge in [-0.1, -0.05) is 5.16 Å². The van der Waals surface area contributed by atoms with Crippen molar-refractivity contribution < 1.29 is 17.7 Å². The molecule has 10 heteroatoms. The van der Waals surface area contributed by atoms with Crippen molar-refractivity contribution >= 4 is 17.0 Å². The monoisotopic (exact) mass is 392 g/mol. The number of rotatable bonds is 4. The number of imidazole rings is 1. The lowest BCUT2D eigenvalue weighted by Gasteiger charge is -2.33. The van der Waals surface area contributed by atoms with Gasteiger partial charge in [0.05, 0.1) is 23.6 Å². The van der Waals surface area contributed by atoms with Crippen molar-refractivity contribution in [2.75, 3.05) is 18.0 Å². The number of halogens is 3. The Hall–Kier alpha value is -2.62. The molecule has 1 aliphatic carbocycles. The molecule has 0 bridgehead atoms. The lowest BCUT2D eigenvalue weighted by molar-refractivity contribution is 0.243. The molecule has 3 heterocycles. The van der Waals surface area contributed by atoms with Crippen molar-refractivity contribution in [3.63, 3.8) is 0 Å². The van der Waals surface area contributed by atoms with Gasteiger partial charge in [-0.25, -0.2) is 18.2 Å². The Labute approximate surface area is 158 Å². The number of anilines is 1. The summed E-state index contributed by atoms with van der Waals surface area (Å²) >= 11 is 0. The first-order chi connectivity index (χ1) is 13.5. The summed E-state index contributed by atoms with van der Waals surface area (Å²) < 4.78 is 48.4. The van der Waals surface area contributed by atoms with Gasteiger partial charge < -0.3 is 19.7 Å². The van der Waals surface area contributed by atoms with Crippen molar-refractivity contribution in [3.05, 3.63) is 35.5 Å². The molecular weight excluding hydrogens is 373 g/mol. The molecule has 1 aliphatic heterocycles. The Morgan fingerprint density at radius 1 is 1.14 bits per heavy atom. The van der Waals surface area contributed by atoms with Crippen LogP contribution in [0, 0.1) is 11.6 Å². The van der Waals surface area contributed by atoms with E-state index in [-0.39, 0.29) is 19.5 Å². The van der Waals surface area contributed by atoms with E-state index in [1.54, 1.807) is 4.57 Å². The molecule has 7 nitrogen and oxygen atoms in total. The van der Waals surface area contributed by atoms with Crippen LogP contribution in [-0.4, -0.2) is 45.0 Å². The molecule has 0 spiro atoms. The zero-order valence-electron chi connectivity index (χ0n) is 15.0. The highest BCUT2D eigenvalue weighted by Crippen LogP contribution is 2.39. The Morgan fingerprint density at radius 3 is 2.68 bits per heavy atom. The maximum absolute atomic E-state index is 13.9. The van der Waals surface area contributed by atoms with Crippen molar-refractivity contribution in [2.45, 2.75) is 43.9 Å². The summed E-state index contributed by atoms with van der Waals surface area (Å²) in [5.74, 6) is -0.145. The van der Waals surface area contributed by atoms with Crippen LogP contribution in [0.1, 0.15) is 36.9 Å². The van der Waals surface area contributed by atoms with Crippen molar-refractivity contribution in [2.24, 2.45) is 5.73 Å². The minimum absolute atomic E-state index is 0.178. The van der Waals surface area contributed by atoms with Crippen molar-refractivity contribution in [1.82, 2.24) is 19.7 Å². The SMILES string of the molecule is N[C@@H]1CN(c2nc3cc(F)c(F)cc3n2Cc2noc(C3CC3)n2)CCC1F. The molecule has 0 amide bonds. The minimum Gasteiger partial charge on any atom is -0.340 e.